The predicted octanol–water partition coefficient (Wildman–Crippen LogP) is 2.96. The van der Waals surface area contributed by atoms with Gasteiger partial charge in [-0.15, -0.1) is 0 Å². The van der Waals surface area contributed by atoms with Gasteiger partial charge in [-0.1, -0.05) is 18.2 Å². The van der Waals surface area contributed by atoms with Crippen LogP contribution in [-0.4, -0.2) is 67.3 Å². The van der Waals surface area contributed by atoms with Gasteiger partial charge in [0.2, 0.25) is 5.91 Å². The summed E-state index contributed by atoms with van der Waals surface area (Å²) in [6.07, 6.45) is 3.12. The van der Waals surface area contributed by atoms with Crippen LogP contribution in [0.3, 0.4) is 0 Å². The number of sulfone groups is 1. The van der Waals surface area contributed by atoms with Gasteiger partial charge in [0.1, 0.15) is 11.9 Å². The number of piperidine rings is 1. The molecule has 2 aliphatic heterocycles. The Labute approximate surface area is 202 Å². The Morgan fingerprint density at radius 2 is 1.80 bits per heavy atom. The third kappa shape index (κ3) is 4.86. The standard InChI is InChI=1S/C24H26FN5O4S/c1-35(32,33)18-7-8-20(19(25)15-18)26-21-11-14-30(23(21)31)17-9-12-29(13-10-17)24-27-22(34-28-24)16-5-3-2-4-6-16/h2-8,15,17,21,26H,9-14H2,1H3. The smallest absolute Gasteiger partial charge is 0.266 e. The number of hydrogen-bond acceptors (Lipinski definition) is 8. The van der Waals surface area contributed by atoms with Gasteiger partial charge in [0.05, 0.1) is 10.6 Å². The molecule has 9 nitrogen and oxygen atoms in total. The highest BCUT2D eigenvalue weighted by Gasteiger charge is 2.38. The average molecular weight is 500 g/mol. The molecule has 184 valence electrons. The van der Waals surface area contributed by atoms with Gasteiger partial charge in [-0.3, -0.25) is 4.79 Å². The van der Waals surface area contributed by atoms with Crippen molar-refractivity contribution in [2.24, 2.45) is 0 Å². The number of rotatable bonds is 6. The van der Waals surface area contributed by atoms with Gasteiger partial charge in [0.15, 0.2) is 9.84 Å². The molecule has 1 aromatic heterocycles. The second kappa shape index (κ2) is 9.29. The molecule has 1 N–H and O–H groups in total. The number of aromatic nitrogens is 2. The third-order valence-electron chi connectivity index (χ3n) is 6.56. The van der Waals surface area contributed by atoms with E-state index in [1.165, 1.54) is 12.1 Å². The lowest BCUT2D eigenvalue weighted by Gasteiger charge is -2.36. The minimum Gasteiger partial charge on any atom is -0.371 e. The van der Waals surface area contributed by atoms with Gasteiger partial charge < -0.3 is 19.6 Å². The van der Waals surface area contributed by atoms with E-state index >= 15 is 0 Å². The number of halogens is 1. The first-order valence-electron chi connectivity index (χ1n) is 11.5. The maximum Gasteiger partial charge on any atom is 0.266 e. The number of nitrogens with zero attached hydrogens (tertiary/aromatic N) is 4. The van der Waals surface area contributed by atoms with Gasteiger partial charge in [-0.05, 0) is 54.8 Å². The van der Waals surface area contributed by atoms with Crippen molar-refractivity contribution in [2.45, 2.75) is 36.2 Å². The molecule has 2 aromatic carbocycles. The number of anilines is 2. The van der Waals surface area contributed by atoms with Gasteiger partial charge in [0.25, 0.3) is 11.8 Å². The lowest BCUT2D eigenvalue weighted by atomic mass is 10.0. The maximum atomic E-state index is 14.5. The molecule has 1 unspecified atom stereocenters. The van der Waals surface area contributed by atoms with Crippen molar-refractivity contribution < 1.29 is 22.1 Å². The zero-order valence-electron chi connectivity index (χ0n) is 19.2. The van der Waals surface area contributed by atoms with Crippen LogP contribution in [0.25, 0.3) is 11.5 Å². The van der Waals surface area contributed by atoms with E-state index in [9.17, 15) is 17.6 Å². The van der Waals surface area contributed by atoms with Crippen molar-refractivity contribution in [1.82, 2.24) is 15.0 Å². The molecule has 2 aliphatic rings. The second-order valence-electron chi connectivity index (χ2n) is 8.91. The van der Waals surface area contributed by atoms with Gasteiger partial charge in [0, 0.05) is 37.5 Å². The summed E-state index contributed by atoms with van der Waals surface area (Å²) < 4.78 is 43.1. The van der Waals surface area contributed by atoms with Crippen LogP contribution >= 0.6 is 0 Å². The van der Waals surface area contributed by atoms with Crippen molar-refractivity contribution >= 4 is 27.4 Å². The SMILES string of the molecule is CS(=O)(=O)c1ccc(NC2CCN(C3CCN(c4noc(-c5ccccc5)n4)CC3)C2=O)c(F)c1. The zero-order valence-corrected chi connectivity index (χ0v) is 20.0. The molecule has 0 bridgehead atoms. The molecule has 11 heteroatoms. The Morgan fingerprint density at radius 3 is 2.49 bits per heavy atom. The molecule has 3 aromatic rings. The Hall–Kier alpha value is -3.47. The van der Waals surface area contributed by atoms with Crippen LogP contribution in [0.15, 0.2) is 57.9 Å². The molecule has 0 spiro atoms. The van der Waals surface area contributed by atoms with E-state index in [4.69, 9.17) is 4.52 Å². The van der Waals surface area contributed by atoms with Crippen LogP contribution in [0.5, 0.6) is 0 Å². The normalized spacial score (nSPS) is 19.4. The molecule has 1 amide bonds. The lowest BCUT2D eigenvalue weighted by molar-refractivity contribution is -0.130. The monoisotopic (exact) mass is 499 g/mol. The number of hydrogen-bond donors (Lipinski definition) is 1. The number of benzene rings is 2. The molecule has 5 rings (SSSR count). The summed E-state index contributed by atoms with van der Waals surface area (Å²) >= 11 is 0. The highest BCUT2D eigenvalue weighted by atomic mass is 32.2. The van der Waals surface area contributed by atoms with Gasteiger partial charge >= 0.3 is 0 Å². The van der Waals surface area contributed by atoms with Crippen LogP contribution in [0.4, 0.5) is 16.0 Å². The van der Waals surface area contributed by atoms with E-state index in [1.54, 1.807) is 0 Å². The van der Waals surface area contributed by atoms with Crippen LogP contribution < -0.4 is 10.2 Å². The summed E-state index contributed by atoms with van der Waals surface area (Å²) in [5.41, 5.74) is 0.989. The van der Waals surface area contributed by atoms with E-state index in [-0.39, 0.29) is 22.5 Å². The van der Waals surface area contributed by atoms with Crippen LogP contribution in [0, 0.1) is 5.82 Å². The van der Waals surface area contributed by atoms with Crippen LogP contribution in [0.1, 0.15) is 19.3 Å². The Kier molecular flexibility index (Phi) is 6.18. The fourth-order valence-electron chi connectivity index (χ4n) is 4.65. The van der Waals surface area contributed by atoms with E-state index in [1.807, 2.05) is 35.2 Å². The lowest BCUT2D eigenvalue weighted by Crippen LogP contribution is -2.47. The first kappa shape index (κ1) is 23.3. The van der Waals surface area contributed by atoms with Crippen LogP contribution in [0.2, 0.25) is 0 Å². The molecule has 2 saturated heterocycles. The predicted molar refractivity (Wildman–Crippen MR) is 128 cm³/mol. The van der Waals surface area contributed by atoms with Crippen molar-refractivity contribution in [2.75, 3.05) is 36.1 Å². The van der Waals surface area contributed by atoms with Gasteiger partial charge in [-0.25, -0.2) is 12.8 Å². The minimum atomic E-state index is -3.50. The molecule has 2 fully saturated rings. The number of carbonyl (C=O) groups excluding carboxylic acids is 1. The van der Waals surface area contributed by atoms with E-state index in [0.29, 0.717) is 37.9 Å². The molecule has 0 saturated carbocycles. The fourth-order valence-corrected chi connectivity index (χ4v) is 5.28. The van der Waals surface area contributed by atoms with E-state index in [2.05, 4.69) is 20.4 Å². The van der Waals surface area contributed by atoms with Gasteiger partial charge in [-0.2, -0.15) is 4.98 Å². The summed E-state index contributed by atoms with van der Waals surface area (Å²) in [5.74, 6) is 0.259. The first-order valence-corrected chi connectivity index (χ1v) is 13.4. The Morgan fingerprint density at radius 1 is 1.06 bits per heavy atom. The number of likely N-dealkylation sites (tertiary alicyclic amines) is 1. The fraction of sp³-hybridized carbons (Fsp3) is 0.375. The molecule has 3 heterocycles. The number of carbonyl (C=O) groups is 1. The summed E-state index contributed by atoms with van der Waals surface area (Å²) in [4.78, 5) is 21.4. The summed E-state index contributed by atoms with van der Waals surface area (Å²) in [6.45, 7) is 1.98. The van der Waals surface area contributed by atoms with E-state index in [0.717, 1.165) is 30.7 Å². The Bertz CT molecular complexity index is 1320. The average Bonchev–Trinajstić information content (AvgIpc) is 3.48. The van der Waals surface area contributed by atoms with E-state index < -0.39 is 21.7 Å². The van der Waals surface area contributed by atoms with Crippen LogP contribution in [-0.2, 0) is 14.6 Å². The number of nitrogens with one attached hydrogen (secondary N) is 1. The molecular formula is C24H26FN5O4S. The highest BCUT2D eigenvalue weighted by molar-refractivity contribution is 7.90. The molecule has 0 radical (unpaired) electrons. The highest BCUT2D eigenvalue weighted by Crippen LogP contribution is 2.28. The zero-order chi connectivity index (χ0) is 24.6. The third-order valence-corrected chi connectivity index (χ3v) is 7.67. The topological polar surface area (TPSA) is 109 Å². The largest absolute Gasteiger partial charge is 0.371 e. The number of amides is 1. The summed E-state index contributed by atoms with van der Waals surface area (Å²) in [5, 5.41) is 7.07. The minimum absolute atomic E-state index is 0.0686. The molecule has 35 heavy (non-hydrogen) atoms. The van der Waals surface area contributed by atoms with Crippen molar-refractivity contribution in [1.29, 1.82) is 0 Å². The summed E-state index contributed by atoms with van der Waals surface area (Å²) in [6, 6.07) is 12.8. The quantitative estimate of drug-likeness (QED) is 0.552. The molecular weight excluding hydrogens is 473 g/mol. The second-order valence-corrected chi connectivity index (χ2v) is 10.9. The molecule has 1 atom stereocenters. The molecule has 0 aliphatic carbocycles. The van der Waals surface area contributed by atoms with Crippen molar-refractivity contribution in [3.8, 4) is 11.5 Å². The first-order chi connectivity index (χ1) is 16.8. The maximum absolute atomic E-state index is 14.5. The van der Waals surface area contributed by atoms with Crippen molar-refractivity contribution in [3.63, 3.8) is 0 Å². The Balaban J connectivity index is 1.18. The summed E-state index contributed by atoms with van der Waals surface area (Å²) in [7, 11) is -3.50. The van der Waals surface area contributed by atoms with Crippen molar-refractivity contribution in [3.05, 3.63) is 54.3 Å².